The standard InChI is InChI=1S/C26H30N2O2/c1-2-3-15-30-24-12-13-26-25(16-24)22(18-27-14-8-7-11-23(27)20-29)19-28(26)17-21-9-5-4-6-10-21/h4-6,9-10,12-13,16,19,23,29H,7-8,11,14-15,17-18,20H2,1H3. The van der Waals surface area contributed by atoms with Crippen LogP contribution in [0.3, 0.4) is 0 Å². The Hall–Kier alpha value is -2.74. The lowest BCUT2D eigenvalue weighted by molar-refractivity contribution is 0.0844. The van der Waals surface area contributed by atoms with Gasteiger partial charge in [-0.15, -0.1) is 5.92 Å². The van der Waals surface area contributed by atoms with Crippen LogP contribution in [0.2, 0.25) is 0 Å². The Kier molecular flexibility index (Phi) is 6.74. The first-order valence-corrected chi connectivity index (χ1v) is 10.8. The van der Waals surface area contributed by atoms with Crippen molar-refractivity contribution in [3.63, 3.8) is 0 Å². The molecule has 1 unspecified atom stereocenters. The van der Waals surface area contributed by atoms with E-state index < -0.39 is 0 Å². The smallest absolute Gasteiger partial charge is 0.149 e. The lowest BCUT2D eigenvalue weighted by Crippen LogP contribution is -2.41. The maximum atomic E-state index is 9.84. The Morgan fingerprint density at radius 1 is 1.10 bits per heavy atom. The van der Waals surface area contributed by atoms with E-state index in [1.807, 2.05) is 13.0 Å². The number of aliphatic hydroxyl groups is 1. The average molecular weight is 403 g/mol. The summed E-state index contributed by atoms with van der Waals surface area (Å²) in [6, 6.07) is 17.1. The van der Waals surface area contributed by atoms with E-state index in [1.54, 1.807) is 0 Å². The van der Waals surface area contributed by atoms with Gasteiger partial charge in [0.05, 0.1) is 6.61 Å². The molecule has 0 aliphatic carbocycles. The fourth-order valence-corrected chi connectivity index (χ4v) is 4.36. The van der Waals surface area contributed by atoms with Gasteiger partial charge in [-0.25, -0.2) is 0 Å². The summed E-state index contributed by atoms with van der Waals surface area (Å²) in [5, 5.41) is 11.1. The van der Waals surface area contributed by atoms with Crippen molar-refractivity contribution in [1.82, 2.24) is 9.47 Å². The topological polar surface area (TPSA) is 37.6 Å². The molecule has 30 heavy (non-hydrogen) atoms. The minimum atomic E-state index is 0.229. The summed E-state index contributed by atoms with van der Waals surface area (Å²) in [5.74, 6) is 6.69. The lowest BCUT2D eigenvalue weighted by Gasteiger charge is -2.34. The minimum Gasteiger partial charge on any atom is -0.481 e. The number of piperidine rings is 1. The van der Waals surface area contributed by atoms with Gasteiger partial charge in [0.2, 0.25) is 0 Å². The largest absolute Gasteiger partial charge is 0.481 e. The summed E-state index contributed by atoms with van der Waals surface area (Å²) in [6.07, 6.45) is 5.75. The number of hydrogen-bond acceptors (Lipinski definition) is 3. The number of fused-ring (bicyclic) bond motifs is 1. The molecule has 3 aromatic rings. The third kappa shape index (κ3) is 4.70. The number of aromatic nitrogens is 1. The first-order valence-electron chi connectivity index (χ1n) is 10.8. The van der Waals surface area contributed by atoms with Crippen LogP contribution in [-0.2, 0) is 13.1 Å². The molecule has 0 amide bonds. The van der Waals surface area contributed by atoms with E-state index in [2.05, 4.69) is 70.0 Å². The van der Waals surface area contributed by atoms with Crippen molar-refractivity contribution < 1.29 is 9.84 Å². The zero-order chi connectivity index (χ0) is 20.8. The van der Waals surface area contributed by atoms with Gasteiger partial charge in [-0.1, -0.05) is 42.7 Å². The van der Waals surface area contributed by atoms with E-state index >= 15 is 0 Å². The fraction of sp³-hybridized carbons (Fsp3) is 0.385. The molecule has 0 bridgehead atoms. The summed E-state index contributed by atoms with van der Waals surface area (Å²) in [4.78, 5) is 2.43. The van der Waals surface area contributed by atoms with Gasteiger partial charge in [0.1, 0.15) is 12.4 Å². The van der Waals surface area contributed by atoms with E-state index in [4.69, 9.17) is 4.74 Å². The molecule has 2 aromatic carbocycles. The summed E-state index contributed by atoms with van der Waals surface area (Å²) >= 11 is 0. The second kappa shape index (κ2) is 9.84. The number of nitrogens with zero attached hydrogens (tertiary/aromatic N) is 2. The van der Waals surface area contributed by atoms with Gasteiger partial charge >= 0.3 is 0 Å². The van der Waals surface area contributed by atoms with Crippen LogP contribution in [0, 0.1) is 11.8 Å². The zero-order valence-corrected chi connectivity index (χ0v) is 17.7. The van der Waals surface area contributed by atoms with Crippen LogP contribution in [0.25, 0.3) is 10.9 Å². The number of likely N-dealkylation sites (tertiary alicyclic amines) is 1. The molecule has 4 rings (SSSR count). The molecule has 1 fully saturated rings. The number of aliphatic hydroxyl groups excluding tert-OH is 1. The molecular formula is C26H30N2O2. The zero-order valence-electron chi connectivity index (χ0n) is 17.7. The fourth-order valence-electron chi connectivity index (χ4n) is 4.36. The Balaban J connectivity index is 1.68. The summed E-state index contributed by atoms with van der Waals surface area (Å²) in [7, 11) is 0. The van der Waals surface area contributed by atoms with E-state index in [9.17, 15) is 5.11 Å². The molecule has 0 saturated carbocycles. The number of ether oxygens (including phenoxy) is 1. The van der Waals surface area contributed by atoms with Gasteiger partial charge in [0, 0.05) is 36.2 Å². The molecule has 1 atom stereocenters. The highest BCUT2D eigenvalue weighted by Gasteiger charge is 2.23. The quantitative estimate of drug-likeness (QED) is 0.594. The van der Waals surface area contributed by atoms with E-state index in [0.717, 1.165) is 31.8 Å². The van der Waals surface area contributed by atoms with Crippen LogP contribution in [0.15, 0.2) is 54.7 Å². The molecule has 0 radical (unpaired) electrons. The molecule has 156 valence electrons. The molecule has 4 nitrogen and oxygen atoms in total. The third-order valence-corrected chi connectivity index (χ3v) is 5.95. The van der Waals surface area contributed by atoms with Crippen molar-refractivity contribution >= 4 is 10.9 Å². The van der Waals surface area contributed by atoms with E-state index in [-0.39, 0.29) is 12.6 Å². The van der Waals surface area contributed by atoms with Crippen LogP contribution in [0.1, 0.15) is 37.3 Å². The Morgan fingerprint density at radius 2 is 1.97 bits per heavy atom. The molecule has 0 spiro atoms. The molecule has 1 aliphatic heterocycles. The number of benzene rings is 2. The van der Waals surface area contributed by atoms with Crippen molar-refractivity contribution in [2.24, 2.45) is 0 Å². The Morgan fingerprint density at radius 3 is 2.77 bits per heavy atom. The van der Waals surface area contributed by atoms with Crippen LogP contribution in [0.4, 0.5) is 0 Å². The maximum Gasteiger partial charge on any atom is 0.149 e. The Bertz CT molecular complexity index is 1030. The van der Waals surface area contributed by atoms with Crippen molar-refractivity contribution in [3.05, 3.63) is 65.9 Å². The molecule has 1 saturated heterocycles. The highest BCUT2D eigenvalue weighted by molar-refractivity contribution is 5.85. The van der Waals surface area contributed by atoms with Crippen molar-refractivity contribution in [1.29, 1.82) is 0 Å². The van der Waals surface area contributed by atoms with Gasteiger partial charge in [-0.2, -0.15) is 0 Å². The first kappa shape index (κ1) is 20.5. The summed E-state index contributed by atoms with van der Waals surface area (Å²) in [6.45, 7) is 5.18. The number of rotatable bonds is 7. The van der Waals surface area contributed by atoms with Crippen molar-refractivity contribution in [2.75, 3.05) is 19.8 Å². The van der Waals surface area contributed by atoms with Gasteiger partial charge in [-0.3, -0.25) is 4.90 Å². The van der Waals surface area contributed by atoms with Gasteiger partial charge < -0.3 is 14.4 Å². The molecule has 1 N–H and O–H groups in total. The molecule has 2 heterocycles. The highest BCUT2D eigenvalue weighted by Crippen LogP contribution is 2.29. The minimum absolute atomic E-state index is 0.229. The SMILES string of the molecule is CC#CCOc1ccc2c(c1)c(CN1CCCCC1CO)cn2Cc1ccccc1. The van der Waals surface area contributed by atoms with Crippen LogP contribution in [0.5, 0.6) is 5.75 Å². The number of hydrogen-bond donors (Lipinski definition) is 1. The van der Waals surface area contributed by atoms with Gasteiger partial charge in [-0.05, 0) is 55.6 Å². The van der Waals surface area contributed by atoms with Crippen molar-refractivity contribution in [2.45, 2.75) is 45.3 Å². The van der Waals surface area contributed by atoms with Crippen LogP contribution in [-0.4, -0.2) is 40.4 Å². The molecule has 4 heteroatoms. The monoisotopic (exact) mass is 402 g/mol. The first-order chi connectivity index (χ1) is 14.8. The third-order valence-electron chi connectivity index (χ3n) is 5.95. The van der Waals surface area contributed by atoms with Crippen LogP contribution >= 0.6 is 0 Å². The molecular weight excluding hydrogens is 372 g/mol. The van der Waals surface area contributed by atoms with Crippen LogP contribution < -0.4 is 4.74 Å². The second-order valence-electron chi connectivity index (χ2n) is 7.96. The Labute approximate surface area is 179 Å². The van der Waals surface area contributed by atoms with Gasteiger partial charge in [0.25, 0.3) is 0 Å². The summed E-state index contributed by atoms with van der Waals surface area (Å²) < 4.78 is 8.16. The van der Waals surface area contributed by atoms with Gasteiger partial charge in [0.15, 0.2) is 0 Å². The summed E-state index contributed by atoms with van der Waals surface area (Å²) in [5.41, 5.74) is 3.78. The van der Waals surface area contributed by atoms with E-state index in [1.165, 1.54) is 34.9 Å². The van der Waals surface area contributed by atoms with Crippen molar-refractivity contribution in [3.8, 4) is 17.6 Å². The predicted molar refractivity (Wildman–Crippen MR) is 122 cm³/mol. The normalized spacial score (nSPS) is 16.9. The molecule has 1 aromatic heterocycles. The van der Waals surface area contributed by atoms with E-state index in [0.29, 0.717) is 6.61 Å². The highest BCUT2D eigenvalue weighted by atomic mass is 16.5. The maximum absolute atomic E-state index is 9.84. The lowest BCUT2D eigenvalue weighted by atomic mass is 10.0. The average Bonchev–Trinajstić information content (AvgIpc) is 3.11. The predicted octanol–water partition coefficient (Wildman–Crippen LogP) is 4.44. The molecule has 1 aliphatic rings. The second-order valence-corrected chi connectivity index (χ2v) is 7.96.